The Hall–Kier alpha value is -2.82. The van der Waals surface area contributed by atoms with Gasteiger partial charge in [-0.2, -0.15) is 10.1 Å². The van der Waals surface area contributed by atoms with Crippen LogP contribution in [0.15, 0.2) is 41.0 Å². The van der Waals surface area contributed by atoms with Crippen molar-refractivity contribution in [1.29, 1.82) is 0 Å². The van der Waals surface area contributed by atoms with Crippen LogP contribution in [0, 0.1) is 0 Å². The lowest BCUT2D eigenvalue weighted by Gasteiger charge is -2.14. The number of aromatic amines is 1. The highest BCUT2D eigenvalue weighted by atomic mass is 79.9. The third kappa shape index (κ3) is 4.53. The first-order valence-electron chi connectivity index (χ1n) is 8.34. The minimum Gasteiger partial charge on any atom is -0.404 e. The zero-order valence-corrected chi connectivity index (χ0v) is 15.8. The minimum absolute atomic E-state index is 0.0886. The summed E-state index contributed by atoms with van der Waals surface area (Å²) in [7, 11) is 0. The normalized spacial score (nSPS) is 14.0. The number of H-pyrrole nitrogens is 1. The van der Waals surface area contributed by atoms with Gasteiger partial charge in [0.05, 0.1) is 15.9 Å². The smallest absolute Gasteiger partial charge is 0.404 e. The zero-order valence-electron chi connectivity index (χ0n) is 14.2. The van der Waals surface area contributed by atoms with Crippen molar-refractivity contribution < 1.29 is 17.9 Å². The van der Waals surface area contributed by atoms with Gasteiger partial charge >= 0.3 is 6.36 Å². The maximum atomic E-state index is 12.6. The monoisotopic (exact) mass is 454 g/mol. The molecule has 1 saturated carbocycles. The molecule has 11 heteroatoms. The van der Waals surface area contributed by atoms with Crippen molar-refractivity contribution in [3.8, 4) is 5.75 Å². The molecule has 0 amide bonds. The van der Waals surface area contributed by atoms with E-state index in [1.54, 1.807) is 6.07 Å². The fourth-order valence-corrected chi connectivity index (χ4v) is 2.83. The molecule has 2 aromatic heterocycles. The Morgan fingerprint density at radius 1 is 1.18 bits per heavy atom. The molecule has 0 atom stereocenters. The first-order valence-corrected chi connectivity index (χ1v) is 9.13. The summed E-state index contributed by atoms with van der Waals surface area (Å²) in [4.78, 5) is 8.39. The topological polar surface area (TPSA) is 87.8 Å². The fraction of sp³-hybridized carbons (Fsp3) is 0.235. The van der Waals surface area contributed by atoms with Crippen LogP contribution in [0.4, 0.5) is 36.4 Å². The van der Waals surface area contributed by atoms with E-state index in [0.29, 0.717) is 22.0 Å². The number of para-hydroxylation sites is 2. The summed E-state index contributed by atoms with van der Waals surface area (Å²) < 4.78 is 42.3. The van der Waals surface area contributed by atoms with Crippen LogP contribution in [0.3, 0.4) is 0 Å². The molecule has 1 aliphatic rings. The number of halogens is 4. The number of benzene rings is 1. The first-order chi connectivity index (χ1) is 13.4. The first kappa shape index (κ1) is 18.5. The molecule has 0 aliphatic heterocycles. The Morgan fingerprint density at radius 3 is 2.71 bits per heavy atom. The van der Waals surface area contributed by atoms with Crippen molar-refractivity contribution in [1.82, 2.24) is 20.2 Å². The molecule has 7 nitrogen and oxygen atoms in total. The van der Waals surface area contributed by atoms with Gasteiger partial charge in [0.25, 0.3) is 0 Å². The highest BCUT2D eigenvalue weighted by Gasteiger charge is 2.32. The van der Waals surface area contributed by atoms with Crippen LogP contribution in [-0.2, 0) is 0 Å². The van der Waals surface area contributed by atoms with E-state index in [1.807, 2.05) is 6.07 Å². The number of anilines is 4. The molecular formula is C17H14BrF3N6O. The Kier molecular flexibility index (Phi) is 4.84. The summed E-state index contributed by atoms with van der Waals surface area (Å²) in [6.07, 6.45) is -1.04. The van der Waals surface area contributed by atoms with E-state index in [0.717, 1.165) is 18.5 Å². The molecular weight excluding hydrogens is 441 g/mol. The number of nitrogens with zero attached hydrogens (tertiary/aromatic N) is 3. The van der Waals surface area contributed by atoms with E-state index >= 15 is 0 Å². The van der Waals surface area contributed by atoms with Gasteiger partial charge in [-0.1, -0.05) is 12.1 Å². The molecule has 3 aromatic rings. The van der Waals surface area contributed by atoms with Gasteiger partial charge in [0.15, 0.2) is 11.6 Å². The lowest BCUT2D eigenvalue weighted by Crippen LogP contribution is -2.18. The van der Waals surface area contributed by atoms with Crippen molar-refractivity contribution in [3.63, 3.8) is 0 Å². The summed E-state index contributed by atoms with van der Waals surface area (Å²) in [6, 6.07) is 7.57. The number of alkyl halides is 3. The number of nitrogens with one attached hydrogen (secondary N) is 3. The van der Waals surface area contributed by atoms with Crippen molar-refractivity contribution >= 4 is 39.2 Å². The summed E-state index contributed by atoms with van der Waals surface area (Å²) >= 11 is 3.35. The van der Waals surface area contributed by atoms with E-state index in [4.69, 9.17) is 0 Å². The second-order valence-electron chi connectivity index (χ2n) is 6.16. The summed E-state index contributed by atoms with van der Waals surface area (Å²) in [6.45, 7) is 0. The Labute approximate surface area is 165 Å². The van der Waals surface area contributed by atoms with Gasteiger partial charge in [-0.25, -0.2) is 4.98 Å². The van der Waals surface area contributed by atoms with Gasteiger partial charge in [-0.15, -0.1) is 13.2 Å². The maximum absolute atomic E-state index is 12.6. The average molecular weight is 455 g/mol. The lowest BCUT2D eigenvalue weighted by atomic mass is 10.3. The van der Waals surface area contributed by atoms with Gasteiger partial charge in [0.1, 0.15) is 5.82 Å². The van der Waals surface area contributed by atoms with Gasteiger partial charge in [-0.3, -0.25) is 5.10 Å². The highest BCUT2D eigenvalue weighted by Crippen LogP contribution is 2.40. The van der Waals surface area contributed by atoms with Crippen LogP contribution >= 0.6 is 15.9 Å². The maximum Gasteiger partial charge on any atom is 0.573 e. The second-order valence-corrected chi connectivity index (χ2v) is 7.02. The van der Waals surface area contributed by atoms with Crippen LogP contribution in [0.1, 0.15) is 24.5 Å². The zero-order chi connectivity index (χ0) is 19.7. The van der Waals surface area contributed by atoms with Gasteiger partial charge < -0.3 is 15.4 Å². The lowest BCUT2D eigenvalue weighted by molar-refractivity contribution is -0.274. The molecule has 1 fully saturated rings. The third-order valence-electron chi connectivity index (χ3n) is 3.95. The van der Waals surface area contributed by atoms with Gasteiger partial charge in [-0.05, 0) is 40.9 Å². The second kappa shape index (κ2) is 7.30. The molecule has 2 heterocycles. The molecule has 28 heavy (non-hydrogen) atoms. The fourth-order valence-electron chi connectivity index (χ4n) is 2.54. The molecule has 4 rings (SSSR count). The molecule has 0 unspecified atom stereocenters. The Bertz CT molecular complexity index is 989. The quantitative estimate of drug-likeness (QED) is 0.472. The molecule has 146 valence electrons. The predicted octanol–water partition coefficient (Wildman–Crippen LogP) is 5.23. The Morgan fingerprint density at radius 2 is 1.96 bits per heavy atom. The molecule has 0 spiro atoms. The van der Waals surface area contributed by atoms with E-state index in [2.05, 4.69) is 51.5 Å². The van der Waals surface area contributed by atoms with Crippen LogP contribution in [0.25, 0.3) is 0 Å². The summed E-state index contributed by atoms with van der Waals surface area (Å²) in [5.41, 5.74) is 1.08. The molecule has 3 N–H and O–H groups in total. The average Bonchev–Trinajstić information content (AvgIpc) is 3.38. The van der Waals surface area contributed by atoms with Crippen LogP contribution in [0.2, 0.25) is 0 Å². The molecule has 0 saturated heterocycles. The van der Waals surface area contributed by atoms with Crippen molar-refractivity contribution in [2.24, 2.45) is 0 Å². The highest BCUT2D eigenvalue weighted by molar-refractivity contribution is 9.10. The van der Waals surface area contributed by atoms with Crippen molar-refractivity contribution in [3.05, 3.63) is 46.7 Å². The van der Waals surface area contributed by atoms with Crippen LogP contribution in [0.5, 0.6) is 5.75 Å². The van der Waals surface area contributed by atoms with Gasteiger partial charge in [0.2, 0.25) is 5.95 Å². The standard InChI is InChI=1S/C17H14BrF3N6O/c18-10-8-22-16(23-11-3-1-2-4-13(11)28-17(19,20)21)25-15(10)24-14-7-12(26-27-14)9-5-6-9/h1-4,7-9H,5-6H2,(H3,22,23,24,25,26,27). The largest absolute Gasteiger partial charge is 0.573 e. The molecule has 0 bridgehead atoms. The predicted molar refractivity (Wildman–Crippen MR) is 100.0 cm³/mol. The Balaban J connectivity index is 1.54. The van der Waals surface area contributed by atoms with E-state index in [-0.39, 0.29) is 17.4 Å². The van der Waals surface area contributed by atoms with Crippen LogP contribution in [-0.4, -0.2) is 26.5 Å². The number of ether oxygens (including phenoxy) is 1. The van der Waals surface area contributed by atoms with Crippen LogP contribution < -0.4 is 15.4 Å². The summed E-state index contributed by atoms with van der Waals surface area (Å²) in [5, 5.41) is 13.0. The van der Waals surface area contributed by atoms with E-state index < -0.39 is 6.36 Å². The summed E-state index contributed by atoms with van der Waals surface area (Å²) in [5.74, 6) is 1.32. The molecule has 0 radical (unpaired) electrons. The number of hydrogen-bond acceptors (Lipinski definition) is 6. The van der Waals surface area contributed by atoms with Gasteiger partial charge in [0, 0.05) is 18.2 Å². The number of aromatic nitrogens is 4. The van der Waals surface area contributed by atoms with E-state index in [9.17, 15) is 13.2 Å². The SMILES string of the molecule is FC(F)(F)Oc1ccccc1Nc1ncc(Br)c(Nc2cc(C3CC3)n[nH]2)n1. The number of hydrogen-bond donors (Lipinski definition) is 3. The van der Waals surface area contributed by atoms with Crippen molar-refractivity contribution in [2.75, 3.05) is 10.6 Å². The number of rotatable bonds is 6. The van der Waals surface area contributed by atoms with E-state index in [1.165, 1.54) is 24.4 Å². The van der Waals surface area contributed by atoms with Crippen molar-refractivity contribution in [2.45, 2.75) is 25.1 Å². The third-order valence-corrected chi connectivity index (χ3v) is 4.53. The minimum atomic E-state index is -4.80. The molecule has 1 aliphatic carbocycles. The molecule has 1 aromatic carbocycles.